The highest BCUT2D eigenvalue weighted by atomic mass is 16.2. The SMILES string of the molecule is Cc1ccc(C(=O)N[C@H](Cc2cccc3ccccc23)C(=O)NCCc2ccccn2)cc1C. The Morgan fingerprint density at radius 1 is 0.882 bits per heavy atom. The Balaban J connectivity index is 1.53. The van der Waals surface area contributed by atoms with Crippen molar-refractivity contribution >= 4 is 22.6 Å². The molecule has 5 heteroatoms. The van der Waals surface area contributed by atoms with Gasteiger partial charge in [0.05, 0.1) is 0 Å². The lowest BCUT2D eigenvalue weighted by Crippen LogP contribution is -2.48. The zero-order valence-electron chi connectivity index (χ0n) is 19.5. The number of carbonyl (C=O) groups is 2. The predicted molar refractivity (Wildman–Crippen MR) is 136 cm³/mol. The number of aromatic nitrogens is 1. The van der Waals surface area contributed by atoms with Gasteiger partial charge in [0.2, 0.25) is 5.91 Å². The third kappa shape index (κ3) is 5.67. The molecule has 0 saturated heterocycles. The molecule has 0 bridgehead atoms. The fraction of sp³-hybridized carbons (Fsp3) is 0.207. The summed E-state index contributed by atoms with van der Waals surface area (Å²) in [6, 6.07) is 24.7. The molecule has 4 rings (SSSR count). The van der Waals surface area contributed by atoms with Crippen molar-refractivity contribution in [3.63, 3.8) is 0 Å². The lowest BCUT2D eigenvalue weighted by Gasteiger charge is -2.20. The Morgan fingerprint density at radius 3 is 2.47 bits per heavy atom. The second-order valence-corrected chi connectivity index (χ2v) is 8.53. The minimum Gasteiger partial charge on any atom is -0.354 e. The average molecular weight is 452 g/mol. The van der Waals surface area contributed by atoms with Gasteiger partial charge in [-0.25, -0.2) is 0 Å². The van der Waals surface area contributed by atoms with E-state index in [-0.39, 0.29) is 11.8 Å². The van der Waals surface area contributed by atoms with Crippen molar-refractivity contribution in [1.29, 1.82) is 0 Å². The van der Waals surface area contributed by atoms with E-state index in [0.29, 0.717) is 24.9 Å². The van der Waals surface area contributed by atoms with Crippen LogP contribution >= 0.6 is 0 Å². The molecule has 3 aromatic carbocycles. The van der Waals surface area contributed by atoms with Crippen LogP contribution in [0.4, 0.5) is 0 Å². The van der Waals surface area contributed by atoms with Crippen molar-refractivity contribution in [3.8, 4) is 0 Å². The van der Waals surface area contributed by atoms with Gasteiger partial charge in [-0.1, -0.05) is 54.6 Å². The predicted octanol–water partition coefficient (Wildman–Crippen LogP) is 4.55. The Kier molecular flexibility index (Phi) is 7.33. The van der Waals surface area contributed by atoms with Crippen molar-refractivity contribution in [1.82, 2.24) is 15.6 Å². The van der Waals surface area contributed by atoms with Crippen molar-refractivity contribution in [2.45, 2.75) is 32.7 Å². The summed E-state index contributed by atoms with van der Waals surface area (Å²) in [7, 11) is 0. The number of benzene rings is 3. The fourth-order valence-electron chi connectivity index (χ4n) is 4.01. The number of hydrogen-bond donors (Lipinski definition) is 2. The quantitative estimate of drug-likeness (QED) is 0.413. The minimum absolute atomic E-state index is 0.207. The van der Waals surface area contributed by atoms with Gasteiger partial charge in [0.25, 0.3) is 5.91 Å². The zero-order valence-corrected chi connectivity index (χ0v) is 19.5. The van der Waals surface area contributed by atoms with E-state index in [4.69, 9.17) is 0 Å². The lowest BCUT2D eigenvalue weighted by molar-refractivity contribution is -0.122. The molecule has 4 aromatic rings. The minimum atomic E-state index is -0.705. The molecule has 2 N–H and O–H groups in total. The van der Waals surface area contributed by atoms with Gasteiger partial charge in [-0.15, -0.1) is 0 Å². The Labute approximate surface area is 200 Å². The Hall–Kier alpha value is -3.99. The normalized spacial score (nSPS) is 11.7. The standard InChI is InChI=1S/C29H29N3O2/c1-20-13-14-24(18-21(20)2)28(33)32-27(29(34)31-17-15-25-11-5-6-16-30-25)19-23-10-7-9-22-8-3-4-12-26(22)23/h3-14,16,18,27H,15,17,19H2,1-2H3,(H,31,34)(H,32,33)/t27-/m1/s1. The first-order chi connectivity index (χ1) is 16.5. The summed E-state index contributed by atoms with van der Waals surface area (Å²) in [5, 5.41) is 8.14. The molecule has 5 nitrogen and oxygen atoms in total. The molecule has 0 spiro atoms. The Bertz CT molecular complexity index is 1300. The average Bonchev–Trinajstić information content (AvgIpc) is 2.86. The summed E-state index contributed by atoms with van der Waals surface area (Å²) >= 11 is 0. The third-order valence-electron chi connectivity index (χ3n) is 6.10. The van der Waals surface area contributed by atoms with Crippen LogP contribution in [0.2, 0.25) is 0 Å². The molecule has 0 aliphatic heterocycles. The van der Waals surface area contributed by atoms with Crippen molar-refractivity contribution in [2.75, 3.05) is 6.54 Å². The summed E-state index contributed by atoms with van der Waals surface area (Å²) in [6.07, 6.45) is 2.76. The third-order valence-corrected chi connectivity index (χ3v) is 6.10. The fourth-order valence-corrected chi connectivity index (χ4v) is 4.01. The van der Waals surface area contributed by atoms with Gasteiger partial charge in [-0.2, -0.15) is 0 Å². The summed E-state index contributed by atoms with van der Waals surface area (Å²) in [5.74, 6) is -0.464. The molecule has 0 radical (unpaired) electrons. The van der Waals surface area contributed by atoms with Crippen LogP contribution in [-0.4, -0.2) is 29.4 Å². The summed E-state index contributed by atoms with van der Waals surface area (Å²) in [5.41, 5.74) is 4.64. The molecule has 0 fully saturated rings. The molecule has 172 valence electrons. The highest BCUT2D eigenvalue weighted by Crippen LogP contribution is 2.20. The van der Waals surface area contributed by atoms with Crippen LogP contribution in [0.3, 0.4) is 0 Å². The summed E-state index contributed by atoms with van der Waals surface area (Å²) in [6.45, 7) is 4.43. The van der Waals surface area contributed by atoms with Gasteiger partial charge in [0.15, 0.2) is 0 Å². The van der Waals surface area contributed by atoms with Crippen molar-refractivity contribution in [2.24, 2.45) is 0 Å². The van der Waals surface area contributed by atoms with Crippen LogP contribution in [0.1, 0.15) is 32.7 Å². The van der Waals surface area contributed by atoms with Crippen molar-refractivity contribution < 1.29 is 9.59 Å². The van der Waals surface area contributed by atoms with E-state index >= 15 is 0 Å². The number of carbonyl (C=O) groups excluding carboxylic acids is 2. The lowest BCUT2D eigenvalue weighted by atomic mass is 9.98. The number of hydrogen-bond acceptors (Lipinski definition) is 3. The van der Waals surface area contributed by atoms with E-state index in [9.17, 15) is 9.59 Å². The van der Waals surface area contributed by atoms with Crippen LogP contribution in [0.25, 0.3) is 10.8 Å². The van der Waals surface area contributed by atoms with Gasteiger partial charge in [0, 0.05) is 36.8 Å². The van der Waals surface area contributed by atoms with Gasteiger partial charge < -0.3 is 10.6 Å². The first kappa shape index (κ1) is 23.2. The van der Waals surface area contributed by atoms with Crippen LogP contribution in [-0.2, 0) is 17.6 Å². The largest absolute Gasteiger partial charge is 0.354 e. The highest BCUT2D eigenvalue weighted by molar-refractivity contribution is 5.98. The van der Waals surface area contributed by atoms with E-state index in [2.05, 4.69) is 27.8 Å². The molecular formula is C29H29N3O2. The number of nitrogens with zero attached hydrogens (tertiary/aromatic N) is 1. The second kappa shape index (κ2) is 10.8. The number of fused-ring (bicyclic) bond motifs is 1. The summed E-state index contributed by atoms with van der Waals surface area (Å²) < 4.78 is 0. The maximum atomic E-state index is 13.2. The number of nitrogens with one attached hydrogen (secondary N) is 2. The van der Waals surface area contributed by atoms with E-state index in [1.807, 2.05) is 74.5 Å². The number of amides is 2. The summed E-state index contributed by atoms with van der Waals surface area (Å²) in [4.78, 5) is 30.6. The molecule has 0 aliphatic carbocycles. The second-order valence-electron chi connectivity index (χ2n) is 8.53. The maximum Gasteiger partial charge on any atom is 0.251 e. The van der Waals surface area contributed by atoms with Gasteiger partial charge in [-0.05, 0) is 65.6 Å². The molecule has 2 amide bonds. The van der Waals surface area contributed by atoms with E-state index < -0.39 is 6.04 Å². The first-order valence-electron chi connectivity index (χ1n) is 11.5. The topological polar surface area (TPSA) is 71.1 Å². The van der Waals surface area contributed by atoms with E-state index in [1.54, 1.807) is 12.3 Å². The number of aryl methyl sites for hydroxylation is 2. The number of pyridine rings is 1. The smallest absolute Gasteiger partial charge is 0.251 e. The first-order valence-corrected chi connectivity index (χ1v) is 11.5. The van der Waals surface area contributed by atoms with E-state index in [0.717, 1.165) is 33.2 Å². The molecule has 1 aromatic heterocycles. The van der Waals surface area contributed by atoms with Gasteiger partial charge >= 0.3 is 0 Å². The monoisotopic (exact) mass is 451 g/mol. The molecular weight excluding hydrogens is 422 g/mol. The Morgan fingerprint density at radius 2 is 1.68 bits per heavy atom. The van der Waals surface area contributed by atoms with Crippen LogP contribution < -0.4 is 10.6 Å². The zero-order chi connectivity index (χ0) is 23.9. The molecule has 0 aliphatic rings. The number of rotatable bonds is 8. The van der Waals surface area contributed by atoms with Crippen LogP contribution in [0, 0.1) is 13.8 Å². The van der Waals surface area contributed by atoms with Gasteiger partial charge in [-0.3, -0.25) is 14.6 Å². The van der Waals surface area contributed by atoms with E-state index in [1.165, 1.54) is 0 Å². The van der Waals surface area contributed by atoms with Crippen LogP contribution in [0.5, 0.6) is 0 Å². The highest BCUT2D eigenvalue weighted by Gasteiger charge is 2.23. The van der Waals surface area contributed by atoms with Gasteiger partial charge in [0.1, 0.15) is 6.04 Å². The van der Waals surface area contributed by atoms with Crippen LogP contribution in [0.15, 0.2) is 85.1 Å². The molecule has 0 saturated carbocycles. The molecule has 34 heavy (non-hydrogen) atoms. The molecule has 0 unspecified atom stereocenters. The maximum absolute atomic E-state index is 13.2. The van der Waals surface area contributed by atoms with Crippen molar-refractivity contribution in [3.05, 3.63) is 113 Å². The molecule has 1 heterocycles. The molecule has 1 atom stereocenters.